The Hall–Kier alpha value is -2.48. The second kappa shape index (κ2) is 8.75. The first kappa shape index (κ1) is 18.3. The largest absolute Gasteiger partial charge is 0.352 e. The molecule has 2 amide bonds. The van der Waals surface area contributed by atoms with Crippen molar-refractivity contribution in [2.75, 3.05) is 37.6 Å². The SMILES string of the molecule is O=C(NCCC(=O)N1CCN(c2ncccn2)CC1)c1ccc(Br)cc1. The van der Waals surface area contributed by atoms with E-state index >= 15 is 0 Å². The molecule has 0 radical (unpaired) electrons. The molecule has 0 atom stereocenters. The normalized spacial score (nSPS) is 14.2. The first-order valence-electron chi connectivity index (χ1n) is 8.47. The quantitative estimate of drug-likeness (QED) is 0.800. The van der Waals surface area contributed by atoms with E-state index in [2.05, 4.69) is 36.1 Å². The van der Waals surface area contributed by atoms with Gasteiger partial charge >= 0.3 is 0 Å². The molecule has 26 heavy (non-hydrogen) atoms. The highest BCUT2D eigenvalue weighted by Gasteiger charge is 2.22. The summed E-state index contributed by atoms with van der Waals surface area (Å²) in [5.74, 6) is 0.576. The van der Waals surface area contributed by atoms with Crippen molar-refractivity contribution in [1.82, 2.24) is 20.2 Å². The molecule has 3 rings (SSSR count). The molecule has 2 aromatic rings. The minimum Gasteiger partial charge on any atom is -0.352 e. The maximum Gasteiger partial charge on any atom is 0.251 e. The molecule has 2 heterocycles. The van der Waals surface area contributed by atoms with Gasteiger partial charge in [0.25, 0.3) is 5.91 Å². The summed E-state index contributed by atoms with van der Waals surface area (Å²) in [5, 5.41) is 2.79. The fraction of sp³-hybridized carbons (Fsp3) is 0.333. The van der Waals surface area contributed by atoms with Gasteiger partial charge < -0.3 is 15.1 Å². The van der Waals surface area contributed by atoms with Crippen LogP contribution in [0.3, 0.4) is 0 Å². The zero-order chi connectivity index (χ0) is 18.4. The average Bonchev–Trinajstić information content (AvgIpc) is 2.69. The third-order valence-corrected chi connectivity index (χ3v) is 4.73. The fourth-order valence-electron chi connectivity index (χ4n) is 2.75. The van der Waals surface area contributed by atoms with Gasteiger partial charge in [0, 0.05) is 61.6 Å². The van der Waals surface area contributed by atoms with Crippen LogP contribution in [0.15, 0.2) is 47.2 Å². The molecule has 0 saturated carbocycles. The van der Waals surface area contributed by atoms with E-state index < -0.39 is 0 Å². The summed E-state index contributed by atoms with van der Waals surface area (Å²) in [7, 11) is 0. The standard InChI is InChI=1S/C18H20BrN5O2/c19-15-4-2-14(3-5-15)17(26)20-9-6-16(25)23-10-12-24(13-11-23)18-21-7-1-8-22-18/h1-5,7-8H,6,9-13H2,(H,20,26). The molecular weight excluding hydrogens is 398 g/mol. The highest BCUT2D eigenvalue weighted by Crippen LogP contribution is 2.11. The number of nitrogens with one attached hydrogen (secondary N) is 1. The third kappa shape index (κ3) is 4.78. The van der Waals surface area contributed by atoms with E-state index in [1.54, 1.807) is 30.6 Å². The summed E-state index contributed by atoms with van der Waals surface area (Å²) < 4.78 is 0.921. The van der Waals surface area contributed by atoms with Crippen molar-refractivity contribution >= 4 is 33.7 Å². The molecule has 7 nitrogen and oxygen atoms in total. The van der Waals surface area contributed by atoms with Crippen LogP contribution < -0.4 is 10.2 Å². The summed E-state index contributed by atoms with van der Waals surface area (Å²) in [6.07, 6.45) is 3.73. The molecule has 0 bridgehead atoms. The molecule has 8 heteroatoms. The molecule has 1 N–H and O–H groups in total. The molecule has 1 aromatic heterocycles. The number of carbonyl (C=O) groups is 2. The van der Waals surface area contributed by atoms with Crippen LogP contribution in [0, 0.1) is 0 Å². The van der Waals surface area contributed by atoms with Gasteiger partial charge in [-0.3, -0.25) is 9.59 Å². The number of nitrogens with zero attached hydrogens (tertiary/aromatic N) is 4. The lowest BCUT2D eigenvalue weighted by molar-refractivity contribution is -0.131. The van der Waals surface area contributed by atoms with E-state index in [4.69, 9.17) is 0 Å². The van der Waals surface area contributed by atoms with Crippen molar-refractivity contribution in [1.29, 1.82) is 0 Å². The van der Waals surface area contributed by atoms with Gasteiger partial charge in [0.2, 0.25) is 11.9 Å². The Morgan fingerprint density at radius 2 is 1.69 bits per heavy atom. The van der Waals surface area contributed by atoms with Gasteiger partial charge in [0.05, 0.1) is 0 Å². The van der Waals surface area contributed by atoms with Gasteiger partial charge in [-0.2, -0.15) is 0 Å². The predicted molar refractivity (Wildman–Crippen MR) is 102 cm³/mol. The van der Waals surface area contributed by atoms with E-state index in [-0.39, 0.29) is 11.8 Å². The van der Waals surface area contributed by atoms with E-state index in [1.165, 1.54) is 0 Å². The Balaban J connectivity index is 1.40. The van der Waals surface area contributed by atoms with Crippen molar-refractivity contribution in [2.24, 2.45) is 0 Å². The van der Waals surface area contributed by atoms with Crippen LogP contribution >= 0.6 is 15.9 Å². The topological polar surface area (TPSA) is 78.4 Å². The number of rotatable bonds is 5. The van der Waals surface area contributed by atoms with Crippen LogP contribution in [0.4, 0.5) is 5.95 Å². The zero-order valence-corrected chi connectivity index (χ0v) is 15.9. The van der Waals surface area contributed by atoms with Crippen molar-refractivity contribution in [3.63, 3.8) is 0 Å². The molecule has 136 valence electrons. The summed E-state index contributed by atoms with van der Waals surface area (Å²) in [4.78, 5) is 36.7. The maximum atomic E-state index is 12.3. The number of benzene rings is 1. The highest BCUT2D eigenvalue weighted by molar-refractivity contribution is 9.10. The minimum atomic E-state index is -0.170. The number of anilines is 1. The Labute approximate surface area is 160 Å². The average molecular weight is 418 g/mol. The maximum absolute atomic E-state index is 12.3. The first-order valence-corrected chi connectivity index (χ1v) is 9.26. The molecule has 1 aliphatic heterocycles. The van der Waals surface area contributed by atoms with Crippen LogP contribution in [0.25, 0.3) is 0 Å². The lowest BCUT2D eigenvalue weighted by Crippen LogP contribution is -2.49. The highest BCUT2D eigenvalue weighted by atomic mass is 79.9. The van der Waals surface area contributed by atoms with Crippen LogP contribution in [-0.2, 0) is 4.79 Å². The molecule has 1 fully saturated rings. The fourth-order valence-corrected chi connectivity index (χ4v) is 3.02. The number of carbonyl (C=O) groups excluding carboxylic acids is 2. The Kier molecular flexibility index (Phi) is 6.17. The van der Waals surface area contributed by atoms with Gasteiger partial charge in [-0.25, -0.2) is 9.97 Å². The van der Waals surface area contributed by atoms with Crippen LogP contribution in [0.2, 0.25) is 0 Å². The van der Waals surface area contributed by atoms with Crippen molar-refractivity contribution < 1.29 is 9.59 Å². The molecule has 1 aromatic carbocycles. The summed E-state index contributed by atoms with van der Waals surface area (Å²) in [6.45, 7) is 3.02. The van der Waals surface area contributed by atoms with Gasteiger partial charge in [-0.05, 0) is 30.3 Å². The number of amides is 2. The number of aromatic nitrogens is 2. The molecule has 1 saturated heterocycles. The summed E-state index contributed by atoms with van der Waals surface area (Å²) >= 11 is 3.34. The van der Waals surface area contributed by atoms with E-state index in [0.717, 1.165) is 4.47 Å². The van der Waals surface area contributed by atoms with Crippen LogP contribution in [-0.4, -0.2) is 59.4 Å². The minimum absolute atomic E-state index is 0.0507. The molecular formula is C18H20BrN5O2. The molecule has 0 spiro atoms. The third-order valence-electron chi connectivity index (χ3n) is 4.20. The lowest BCUT2D eigenvalue weighted by Gasteiger charge is -2.34. The second-order valence-electron chi connectivity index (χ2n) is 5.93. The van der Waals surface area contributed by atoms with Crippen LogP contribution in [0.5, 0.6) is 0 Å². The Morgan fingerprint density at radius 3 is 2.35 bits per heavy atom. The lowest BCUT2D eigenvalue weighted by atomic mass is 10.2. The molecule has 0 unspecified atom stereocenters. The van der Waals surface area contributed by atoms with E-state index in [1.807, 2.05) is 17.0 Å². The van der Waals surface area contributed by atoms with Crippen LogP contribution in [0.1, 0.15) is 16.8 Å². The Morgan fingerprint density at radius 1 is 1.04 bits per heavy atom. The monoisotopic (exact) mass is 417 g/mol. The molecule has 0 aliphatic carbocycles. The van der Waals surface area contributed by atoms with E-state index in [0.29, 0.717) is 50.7 Å². The van der Waals surface area contributed by atoms with Gasteiger partial charge in [0.15, 0.2) is 0 Å². The van der Waals surface area contributed by atoms with Gasteiger partial charge in [0.1, 0.15) is 0 Å². The van der Waals surface area contributed by atoms with Crippen molar-refractivity contribution in [2.45, 2.75) is 6.42 Å². The van der Waals surface area contributed by atoms with Crippen molar-refractivity contribution in [3.05, 3.63) is 52.8 Å². The second-order valence-corrected chi connectivity index (χ2v) is 6.85. The number of piperazine rings is 1. The van der Waals surface area contributed by atoms with Gasteiger partial charge in [-0.15, -0.1) is 0 Å². The van der Waals surface area contributed by atoms with Gasteiger partial charge in [-0.1, -0.05) is 15.9 Å². The molecule has 1 aliphatic rings. The number of hydrogen-bond acceptors (Lipinski definition) is 5. The Bertz CT molecular complexity index is 746. The smallest absolute Gasteiger partial charge is 0.251 e. The number of halogens is 1. The van der Waals surface area contributed by atoms with Crippen molar-refractivity contribution in [3.8, 4) is 0 Å². The number of hydrogen-bond donors (Lipinski definition) is 1. The first-order chi connectivity index (χ1) is 12.6. The zero-order valence-electron chi connectivity index (χ0n) is 14.3. The summed E-state index contributed by atoms with van der Waals surface area (Å²) in [6, 6.07) is 8.90. The summed E-state index contributed by atoms with van der Waals surface area (Å²) in [5.41, 5.74) is 0.581. The van der Waals surface area contributed by atoms with E-state index in [9.17, 15) is 9.59 Å². The predicted octanol–water partition coefficient (Wildman–Crippen LogP) is 1.71.